The number of ether oxygens (including phenoxy) is 1. The Balaban J connectivity index is 1.65. The number of hydrogen-bond donors (Lipinski definition) is 2. The van der Waals surface area contributed by atoms with E-state index in [1.807, 2.05) is 6.92 Å². The van der Waals surface area contributed by atoms with Gasteiger partial charge in [0.25, 0.3) is 0 Å². The summed E-state index contributed by atoms with van der Waals surface area (Å²) in [5.74, 6) is 0.265. The molecule has 0 unspecified atom stereocenters. The third-order valence-electron chi connectivity index (χ3n) is 5.46. The summed E-state index contributed by atoms with van der Waals surface area (Å²) < 4.78 is 35.8. The fourth-order valence-electron chi connectivity index (χ4n) is 3.77. The molecule has 1 aromatic carbocycles. The van der Waals surface area contributed by atoms with E-state index in [1.165, 1.54) is 6.33 Å². The van der Waals surface area contributed by atoms with Gasteiger partial charge in [0.1, 0.15) is 6.33 Å². The predicted molar refractivity (Wildman–Crippen MR) is 109 cm³/mol. The molecular formula is C19H24N6O3S. The molecule has 2 heterocycles. The Morgan fingerprint density at radius 2 is 1.97 bits per heavy atom. The number of imidazole rings is 1. The molecular weight excluding hydrogens is 392 g/mol. The van der Waals surface area contributed by atoms with Gasteiger partial charge in [0.2, 0.25) is 10.0 Å². The first-order valence-corrected chi connectivity index (χ1v) is 11.0. The maximum atomic E-state index is 13.0. The Kier molecular flexibility index (Phi) is 5.24. The standard InChI is InChI=1S/C19H24N6O3S/c1-12-3-8-15(29(26,27)24-13-4-6-14(28-2)7-5-13)9-16(12)17-10-21-19-18(20)22-11-23-25(17)19/h3,8-11,13-14,24H,4-7H2,1-2H3,(H2,20,22,23)/t13-,14-. The highest BCUT2D eigenvalue weighted by Gasteiger charge is 2.26. The lowest BCUT2D eigenvalue weighted by Crippen LogP contribution is -2.38. The van der Waals surface area contributed by atoms with E-state index in [1.54, 1.807) is 36.0 Å². The molecule has 29 heavy (non-hydrogen) atoms. The smallest absolute Gasteiger partial charge is 0.240 e. The van der Waals surface area contributed by atoms with Crippen LogP contribution < -0.4 is 10.5 Å². The SMILES string of the molecule is CO[C@H]1CC[C@H](NS(=O)(=O)c2ccc(C)c(-c3cnc4c(N)ncnn34)c2)CC1. The first-order chi connectivity index (χ1) is 13.9. The van der Waals surface area contributed by atoms with Gasteiger partial charge in [-0.3, -0.25) is 0 Å². The number of nitrogens with zero attached hydrogens (tertiary/aromatic N) is 4. The molecule has 0 aliphatic heterocycles. The quantitative estimate of drug-likeness (QED) is 0.651. The van der Waals surface area contributed by atoms with Crippen LogP contribution in [0.15, 0.2) is 35.6 Å². The average Bonchev–Trinajstić information content (AvgIpc) is 3.14. The monoisotopic (exact) mass is 416 g/mol. The minimum atomic E-state index is -3.65. The summed E-state index contributed by atoms with van der Waals surface area (Å²) in [5.41, 5.74) is 8.58. The van der Waals surface area contributed by atoms with Crippen molar-refractivity contribution in [3.63, 3.8) is 0 Å². The first-order valence-electron chi connectivity index (χ1n) is 9.49. The highest BCUT2D eigenvalue weighted by atomic mass is 32.2. The molecule has 4 rings (SSSR count). The highest BCUT2D eigenvalue weighted by molar-refractivity contribution is 7.89. The van der Waals surface area contributed by atoms with Crippen molar-refractivity contribution < 1.29 is 13.2 Å². The van der Waals surface area contributed by atoms with Crippen molar-refractivity contribution >= 4 is 21.5 Å². The van der Waals surface area contributed by atoms with Crippen molar-refractivity contribution in [3.05, 3.63) is 36.3 Å². The van der Waals surface area contributed by atoms with Gasteiger partial charge in [-0.15, -0.1) is 0 Å². The zero-order valence-corrected chi connectivity index (χ0v) is 17.2. The summed E-state index contributed by atoms with van der Waals surface area (Å²) >= 11 is 0. The molecule has 0 bridgehead atoms. The number of fused-ring (bicyclic) bond motifs is 1. The molecule has 1 aliphatic rings. The molecule has 0 radical (unpaired) electrons. The number of rotatable bonds is 5. The van der Waals surface area contributed by atoms with Gasteiger partial charge < -0.3 is 10.5 Å². The third kappa shape index (κ3) is 3.83. The molecule has 0 atom stereocenters. The molecule has 3 aromatic rings. The van der Waals surface area contributed by atoms with Gasteiger partial charge in [-0.25, -0.2) is 27.6 Å². The van der Waals surface area contributed by atoms with Crippen LogP contribution >= 0.6 is 0 Å². The van der Waals surface area contributed by atoms with Crippen molar-refractivity contribution in [2.45, 2.75) is 49.6 Å². The second kappa shape index (κ2) is 7.69. The lowest BCUT2D eigenvalue weighted by atomic mass is 9.94. The molecule has 154 valence electrons. The molecule has 1 aliphatic carbocycles. The fourth-order valence-corrected chi connectivity index (χ4v) is 5.10. The maximum Gasteiger partial charge on any atom is 0.240 e. The van der Waals surface area contributed by atoms with E-state index in [-0.39, 0.29) is 22.9 Å². The Hall–Kier alpha value is -2.56. The van der Waals surface area contributed by atoms with Gasteiger partial charge in [-0.2, -0.15) is 5.10 Å². The summed E-state index contributed by atoms with van der Waals surface area (Å²) in [6.07, 6.45) is 6.42. The van der Waals surface area contributed by atoms with Crippen molar-refractivity contribution in [2.24, 2.45) is 0 Å². The van der Waals surface area contributed by atoms with Crippen LogP contribution in [0.25, 0.3) is 16.9 Å². The molecule has 1 saturated carbocycles. The number of hydrogen-bond acceptors (Lipinski definition) is 7. The van der Waals surface area contributed by atoms with Crippen molar-refractivity contribution in [1.82, 2.24) is 24.3 Å². The van der Waals surface area contributed by atoms with E-state index in [4.69, 9.17) is 10.5 Å². The number of nitrogens with one attached hydrogen (secondary N) is 1. The Labute approximate surface area is 169 Å². The topological polar surface area (TPSA) is 124 Å². The van der Waals surface area contributed by atoms with Gasteiger partial charge in [0.05, 0.1) is 22.9 Å². The van der Waals surface area contributed by atoms with E-state index in [0.717, 1.165) is 36.8 Å². The number of nitrogen functional groups attached to an aromatic ring is 1. The predicted octanol–water partition coefficient (Wildman–Crippen LogP) is 1.92. The summed E-state index contributed by atoms with van der Waals surface area (Å²) in [5, 5.41) is 4.21. The number of benzene rings is 1. The Bertz CT molecular complexity index is 1140. The highest BCUT2D eigenvalue weighted by Crippen LogP contribution is 2.28. The number of aromatic nitrogens is 4. The lowest BCUT2D eigenvalue weighted by molar-refractivity contribution is 0.0649. The summed E-state index contributed by atoms with van der Waals surface area (Å²) in [6.45, 7) is 1.91. The molecule has 9 nitrogen and oxygen atoms in total. The van der Waals surface area contributed by atoms with Crippen LogP contribution in [-0.4, -0.2) is 47.3 Å². The van der Waals surface area contributed by atoms with Gasteiger partial charge >= 0.3 is 0 Å². The summed E-state index contributed by atoms with van der Waals surface area (Å²) in [6, 6.07) is 4.98. The van der Waals surface area contributed by atoms with E-state index in [9.17, 15) is 8.42 Å². The average molecular weight is 417 g/mol. The molecule has 0 amide bonds. The Morgan fingerprint density at radius 1 is 1.21 bits per heavy atom. The number of anilines is 1. The zero-order chi connectivity index (χ0) is 20.6. The number of sulfonamides is 1. The number of nitrogens with two attached hydrogens (primary N) is 1. The van der Waals surface area contributed by atoms with E-state index >= 15 is 0 Å². The molecule has 1 fully saturated rings. The van der Waals surface area contributed by atoms with Gasteiger partial charge in [0.15, 0.2) is 11.5 Å². The van der Waals surface area contributed by atoms with Crippen LogP contribution in [0.5, 0.6) is 0 Å². The van der Waals surface area contributed by atoms with Crippen LogP contribution in [0, 0.1) is 6.92 Å². The first kappa shape index (κ1) is 19.7. The van der Waals surface area contributed by atoms with E-state index in [0.29, 0.717) is 11.3 Å². The van der Waals surface area contributed by atoms with Crippen LogP contribution in [0.1, 0.15) is 31.2 Å². The molecule has 10 heteroatoms. The van der Waals surface area contributed by atoms with E-state index in [2.05, 4.69) is 19.8 Å². The second-order valence-electron chi connectivity index (χ2n) is 7.33. The second-order valence-corrected chi connectivity index (χ2v) is 9.05. The summed E-state index contributed by atoms with van der Waals surface area (Å²) in [4.78, 5) is 8.42. The van der Waals surface area contributed by atoms with Crippen LogP contribution in [0.2, 0.25) is 0 Å². The minimum absolute atomic E-state index is 0.0838. The molecule has 0 saturated heterocycles. The molecule has 0 spiro atoms. The third-order valence-corrected chi connectivity index (χ3v) is 6.97. The molecule has 3 N–H and O–H groups in total. The largest absolute Gasteiger partial charge is 0.381 e. The van der Waals surface area contributed by atoms with Gasteiger partial charge in [0, 0.05) is 18.7 Å². The normalized spacial score (nSPS) is 20.2. The van der Waals surface area contributed by atoms with E-state index < -0.39 is 10.0 Å². The summed E-state index contributed by atoms with van der Waals surface area (Å²) in [7, 11) is -1.96. The zero-order valence-electron chi connectivity index (χ0n) is 16.4. The Morgan fingerprint density at radius 3 is 2.69 bits per heavy atom. The van der Waals surface area contributed by atoms with Crippen molar-refractivity contribution in [3.8, 4) is 11.3 Å². The lowest BCUT2D eigenvalue weighted by Gasteiger charge is -2.28. The number of aryl methyl sites for hydroxylation is 1. The van der Waals surface area contributed by atoms with Crippen LogP contribution in [0.4, 0.5) is 5.82 Å². The van der Waals surface area contributed by atoms with Crippen LogP contribution in [0.3, 0.4) is 0 Å². The van der Waals surface area contributed by atoms with Crippen molar-refractivity contribution in [1.29, 1.82) is 0 Å². The van der Waals surface area contributed by atoms with Crippen molar-refractivity contribution in [2.75, 3.05) is 12.8 Å². The number of methoxy groups -OCH3 is 1. The fraction of sp³-hybridized carbons (Fsp3) is 0.421. The van der Waals surface area contributed by atoms with Crippen LogP contribution in [-0.2, 0) is 14.8 Å². The minimum Gasteiger partial charge on any atom is -0.381 e. The van der Waals surface area contributed by atoms with Gasteiger partial charge in [-0.05, 0) is 50.3 Å². The maximum absolute atomic E-state index is 13.0. The molecule has 2 aromatic heterocycles. The van der Waals surface area contributed by atoms with Gasteiger partial charge in [-0.1, -0.05) is 6.07 Å².